The van der Waals surface area contributed by atoms with Crippen LogP contribution >= 0.6 is 0 Å². The highest BCUT2D eigenvalue weighted by molar-refractivity contribution is 5.72. The molecule has 0 heterocycles. The lowest BCUT2D eigenvalue weighted by Crippen LogP contribution is -2.20. The van der Waals surface area contributed by atoms with E-state index in [2.05, 4.69) is 16.1 Å². The van der Waals surface area contributed by atoms with Crippen LogP contribution in [-0.4, -0.2) is 37.3 Å². The van der Waals surface area contributed by atoms with Crippen molar-refractivity contribution in [1.29, 1.82) is 0 Å². The number of hydrogen-bond acceptors (Lipinski definition) is 1. The fourth-order valence-electron chi connectivity index (χ4n) is 0.883. The molecule has 1 N–H and O–H groups in total. The second-order valence-corrected chi connectivity index (χ2v) is 3.12. The van der Waals surface area contributed by atoms with Gasteiger partial charge < -0.3 is 5.32 Å². The molecule has 1 amide bonds. The van der Waals surface area contributed by atoms with Gasteiger partial charge in [0, 0.05) is 19.9 Å². The Labute approximate surface area is 74.5 Å². The topological polar surface area (TPSA) is 32.1 Å². The zero-order valence-electron chi connectivity index (χ0n) is 8.26. The summed E-state index contributed by atoms with van der Waals surface area (Å²) in [5, 5.41) is 2.77. The number of nitrogens with one attached hydrogen (secondary N) is 1. The van der Waals surface area contributed by atoms with Crippen LogP contribution in [0.15, 0.2) is 0 Å². The standard InChI is InChI=1S/C9H18N2O/c1-9(12)10-7-5-4-6-8-11(2)3/h8H,4-7H2,1-3H3/p+1/i1+1,9+1. The molecule has 0 spiro atoms. The smallest absolute Gasteiger partial charge is 0.216 e. The minimum atomic E-state index is 0.0617. The van der Waals surface area contributed by atoms with E-state index in [-0.39, 0.29) is 5.91 Å². The van der Waals surface area contributed by atoms with Gasteiger partial charge in [-0.05, 0) is 12.8 Å². The average Bonchev–Trinajstić information content (AvgIpc) is 1.95. The first-order valence-electron chi connectivity index (χ1n) is 4.37. The van der Waals surface area contributed by atoms with Gasteiger partial charge in [-0.2, -0.15) is 0 Å². The Morgan fingerprint density at radius 2 is 2.08 bits per heavy atom. The normalized spacial score (nSPS) is 9.25. The van der Waals surface area contributed by atoms with E-state index in [4.69, 9.17) is 0 Å². The first kappa shape index (κ1) is 11.1. The van der Waals surface area contributed by atoms with Crippen molar-refractivity contribution in [1.82, 2.24) is 5.32 Å². The third-order valence-electron chi connectivity index (χ3n) is 1.50. The summed E-state index contributed by atoms with van der Waals surface area (Å²) in [6.45, 7) is 2.35. The highest BCUT2D eigenvalue weighted by Gasteiger charge is 1.91. The summed E-state index contributed by atoms with van der Waals surface area (Å²) < 4.78 is 2.05. The summed E-state index contributed by atoms with van der Waals surface area (Å²) in [7, 11) is 4.04. The summed E-state index contributed by atoms with van der Waals surface area (Å²) in [4.78, 5) is 10.5. The molecular weight excluding hydrogens is 154 g/mol. The first-order chi connectivity index (χ1) is 5.63. The predicted molar refractivity (Wildman–Crippen MR) is 50.7 cm³/mol. The molecule has 3 heteroatoms. The summed E-state index contributed by atoms with van der Waals surface area (Å²) in [6, 6.07) is 0. The molecule has 0 atom stereocenters. The molecule has 0 aliphatic carbocycles. The monoisotopic (exact) mass is 173 g/mol. The molecule has 0 unspecified atom stereocenters. The number of rotatable bonds is 5. The van der Waals surface area contributed by atoms with Crippen molar-refractivity contribution in [2.45, 2.75) is 26.2 Å². The fraction of sp³-hybridized carbons (Fsp3) is 0.778. The second-order valence-electron chi connectivity index (χ2n) is 3.12. The number of unbranched alkanes of at least 4 members (excludes halogenated alkanes) is 2. The van der Waals surface area contributed by atoms with Gasteiger partial charge >= 0.3 is 0 Å². The lowest BCUT2D eigenvalue weighted by atomic mass is 10.2. The number of hydrogen-bond donors (Lipinski definition) is 1. The van der Waals surface area contributed by atoms with Gasteiger partial charge in [-0.3, -0.25) is 4.79 Å². The van der Waals surface area contributed by atoms with Crippen molar-refractivity contribution in [3.05, 3.63) is 0 Å². The van der Waals surface area contributed by atoms with Gasteiger partial charge in [0.15, 0.2) is 0 Å². The Bertz CT molecular complexity index is 160. The molecule has 70 valence electrons. The van der Waals surface area contributed by atoms with E-state index in [9.17, 15) is 4.79 Å². The van der Waals surface area contributed by atoms with Gasteiger partial charge in [0.25, 0.3) is 0 Å². The maximum absolute atomic E-state index is 10.5. The van der Waals surface area contributed by atoms with E-state index < -0.39 is 0 Å². The Morgan fingerprint density at radius 1 is 1.42 bits per heavy atom. The minimum absolute atomic E-state index is 0.0617. The van der Waals surface area contributed by atoms with Crippen LogP contribution in [0.3, 0.4) is 0 Å². The summed E-state index contributed by atoms with van der Waals surface area (Å²) in [6.07, 6.45) is 5.43. The van der Waals surface area contributed by atoms with Crippen molar-refractivity contribution in [3.63, 3.8) is 0 Å². The summed E-state index contributed by atoms with van der Waals surface area (Å²) >= 11 is 0. The molecule has 0 aromatic rings. The van der Waals surface area contributed by atoms with Crippen LogP contribution in [0.4, 0.5) is 0 Å². The largest absolute Gasteiger partial charge is 0.356 e. The van der Waals surface area contributed by atoms with Crippen LogP contribution in [0.2, 0.25) is 0 Å². The molecule has 0 saturated heterocycles. The van der Waals surface area contributed by atoms with E-state index in [0.717, 1.165) is 25.8 Å². The van der Waals surface area contributed by atoms with Crippen molar-refractivity contribution in [2.24, 2.45) is 0 Å². The number of amides is 1. The van der Waals surface area contributed by atoms with Crippen LogP contribution in [0.5, 0.6) is 0 Å². The molecule has 0 fully saturated rings. The SMILES string of the molecule is C[N+](C)=CCCCCN[13C]([13CH3])=O. The van der Waals surface area contributed by atoms with E-state index in [1.807, 2.05) is 14.1 Å². The second kappa shape index (κ2) is 6.83. The van der Waals surface area contributed by atoms with E-state index >= 15 is 0 Å². The fourth-order valence-corrected chi connectivity index (χ4v) is 0.883. The number of nitrogens with zero attached hydrogens (tertiary/aromatic N) is 1. The van der Waals surface area contributed by atoms with E-state index in [0.29, 0.717) is 0 Å². The third-order valence-corrected chi connectivity index (χ3v) is 1.50. The molecule has 0 aliphatic rings. The van der Waals surface area contributed by atoms with Gasteiger partial charge in [0.2, 0.25) is 5.91 Å². The Hall–Kier alpha value is -0.860. The minimum Gasteiger partial charge on any atom is -0.356 e. The maximum atomic E-state index is 10.5. The third kappa shape index (κ3) is 9.14. The lowest BCUT2D eigenvalue weighted by molar-refractivity contribution is -0.460. The molecule has 0 bridgehead atoms. The first-order valence-corrected chi connectivity index (χ1v) is 4.37. The van der Waals surface area contributed by atoms with Crippen LogP contribution in [0.25, 0.3) is 0 Å². The molecule has 0 aliphatic heterocycles. The molecule has 0 rings (SSSR count). The Balaban J connectivity index is 3.11. The van der Waals surface area contributed by atoms with Gasteiger partial charge in [0.1, 0.15) is 20.3 Å². The summed E-state index contributed by atoms with van der Waals surface area (Å²) in [5.74, 6) is 0.0617. The highest BCUT2D eigenvalue weighted by Crippen LogP contribution is 1.90. The van der Waals surface area contributed by atoms with Crippen LogP contribution in [0.1, 0.15) is 26.2 Å². The Morgan fingerprint density at radius 3 is 2.58 bits per heavy atom. The lowest BCUT2D eigenvalue weighted by Gasteiger charge is -1.98. The van der Waals surface area contributed by atoms with E-state index in [1.165, 1.54) is 0 Å². The maximum Gasteiger partial charge on any atom is 0.216 e. The zero-order valence-corrected chi connectivity index (χ0v) is 8.26. The van der Waals surface area contributed by atoms with E-state index in [1.54, 1.807) is 6.92 Å². The molecule has 12 heavy (non-hydrogen) atoms. The molecule has 0 aromatic heterocycles. The Kier molecular flexibility index (Phi) is 6.34. The molecule has 0 aromatic carbocycles. The van der Waals surface area contributed by atoms with Crippen LogP contribution < -0.4 is 5.32 Å². The zero-order chi connectivity index (χ0) is 9.40. The number of carbonyl (C=O) groups excluding carboxylic acids is 1. The van der Waals surface area contributed by atoms with Gasteiger partial charge in [-0.15, -0.1) is 0 Å². The molecule has 0 radical (unpaired) electrons. The van der Waals surface area contributed by atoms with Crippen LogP contribution in [-0.2, 0) is 4.79 Å². The molecule has 0 saturated carbocycles. The number of carbonyl (C=O) groups is 1. The molecule has 3 nitrogen and oxygen atoms in total. The van der Waals surface area contributed by atoms with Crippen molar-refractivity contribution < 1.29 is 9.37 Å². The van der Waals surface area contributed by atoms with Crippen molar-refractivity contribution >= 4 is 12.1 Å². The van der Waals surface area contributed by atoms with Crippen molar-refractivity contribution in [3.8, 4) is 0 Å². The summed E-state index contributed by atoms with van der Waals surface area (Å²) in [5.41, 5.74) is 0. The van der Waals surface area contributed by atoms with Crippen LogP contribution in [0, 0.1) is 0 Å². The predicted octanol–water partition coefficient (Wildman–Crippen LogP) is 0.636. The quantitative estimate of drug-likeness (QED) is 0.281. The molecular formula is C9H19N2O+. The van der Waals surface area contributed by atoms with Gasteiger partial charge in [-0.25, -0.2) is 4.58 Å². The van der Waals surface area contributed by atoms with Gasteiger partial charge in [0.05, 0.1) is 0 Å². The average molecular weight is 173 g/mol. The highest BCUT2D eigenvalue weighted by atomic mass is 16.2. The van der Waals surface area contributed by atoms with Crippen molar-refractivity contribution in [2.75, 3.05) is 20.6 Å². The van der Waals surface area contributed by atoms with Gasteiger partial charge in [-0.1, -0.05) is 0 Å².